The first-order chi connectivity index (χ1) is 15.2. The number of amides is 2. The third-order valence-corrected chi connectivity index (χ3v) is 6.72. The lowest BCUT2D eigenvalue weighted by Gasteiger charge is -2.16. The zero-order valence-corrected chi connectivity index (χ0v) is 19.5. The van der Waals surface area contributed by atoms with E-state index in [1.54, 1.807) is 42.5 Å². The Morgan fingerprint density at radius 1 is 0.875 bits per heavy atom. The van der Waals surface area contributed by atoms with Gasteiger partial charge in [-0.1, -0.05) is 52.6 Å². The van der Waals surface area contributed by atoms with Crippen molar-refractivity contribution in [3.63, 3.8) is 0 Å². The van der Waals surface area contributed by atoms with Crippen LogP contribution in [-0.2, 0) is 9.59 Å². The fourth-order valence-corrected chi connectivity index (χ4v) is 4.42. The molecule has 4 nitrogen and oxygen atoms in total. The highest BCUT2D eigenvalue weighted by atomic mass is 35.5. The van der Waals surface area contributed by atoms with Crippen LogP contribution in [0.4, 0.5) is 15.8 Å². The van der Waals surface area contributed by atoms with E-state index in [1.165, 1.54) is 12.1 Å². The average molecular weight is 508 g/mol. The second-order valence-electron chi connectivity index (χ2n) is 6.89. The zero-order valence-electron chi connectivity index (χ0n) is 16.5. The van der Waals surface area contributed by atoms with Crippen molar-refractivity contribution in [3.05, 3.63) is 97.7 Å². The lowest BCUT2D eigenvalue weighted by molar-refractivity contribution is -0.120. The molecule has 1 aliphatic rings. The number of nitrogens with one attached hydrogen (secondary N) is 1. The van der Waals surface area contributed by atoms with E-state index in [0.29, 0.717) is 20.6 Å². The molecule has 0 fully saturated rings. The van der Waals surface area contributed by atoms with Crippen LogP contribution < -0.4 is 10.2 Å². The van der Waals surface area contributed by atoms with Crippen LogP contribution in [0.15, 0.2) is 76.2 Å². The number of anilines is 2. The van der Waals surface area contributed by atoms with Crippen LogP contribution in [0.1, 0.15) is 5.56 Å². The molecular weight excluding hydrogens is 494 g/mol. The van der Waals surface area contributed by atoms with Gasteiger partial charge in [0.2, 0.25) is 0 Å². The quantitative estimate of drug-likeness (QED) is 0.375. The molecule has 32 heavy (non-hydrogen) atoms. The summed E-state index contributed by atoms with van der Waals surface area (Å²) < 4.78 is 13.6. The van der Waals surface area contributed by atoms with Gasteiger partial charge in [0.05, 0.1) is 10.7 Å². The van der Waals surface area contributed by atoms with E-state index in [9.17, 15) is 14.0 Å². The van der Waals surface area contributed by atoms with Gasteiger partial charge in [-0.25, -0.2) is 9.29 Å². The van der Waals surface area contributed by atoms with Crippen molar-refractivity contribution >= 4 is 69.8 Å². The first-order valence-corrected chi connectivity index (χ1v) is 11.2. The number of nitrogens with zero attached hydrogens (tertiary/aromatic N) is 1. The van der Waals surface area contributed by atoms with Gasteiger partial charge in [0, 0.05) is 20.6 Å². The van der Waals surface area contributed by atoms with E-state index in [2.05, 4.69) is 5.32 Å². The van der Waals surface area contributed by atoms with Gasteiger partial charge in [-0.2, -0.15) is 0 Å². The van der Waals surface area contributed by atoms with Crippen LogP contribution in [-0.4, -0.2) is 11.8 Å². The van der Waals surface area contributed by atoms with Gasteiger partial charge in [0.1, 0.15) is 16.4 Å². The highest BCUT2D eigenvalue weighted by Crippen LogP contribution is 2.39. The van der Waals surface area contributed by atoms with Crippen LogP contribution in [0.5, 0.6) is 0 Å². The molecule has 0 spiro atoms. The number of thioether (sulfide) groups is 1. The Morgan fingerprint density at radius 3 is 2.25 bits per heavy atom. The third-order valence-electron chi connectivity index (χ3n) is 4.68. The fraction of sp³-hybridized carbons (Fsp3) is 0.0435. The molecule has 1 heterocycles. The Bertz CT molecular complexity index is 1280. The summed E-state index contributed by atoms with van der Waals surface area (Å²) in [4.78, 5) is 28.5. The van der Waals surface area contributed by atoms with Crippen LogP contribution in [0.3, 0.4) is 0 Å². The molecule has 0 unspecified atom stereocenters. The van der Waals surface area contributed by atoms with Crippen molar-refractivity contribution in [1.29, 1.82) is 0 Å². The summed E-state index contributed by atoms with van der Waals surface area (Å²) in [6.45, 7) is 1.86. The van der Waals surface area contributed by atoms with Crippen molar-refractivity contribution in [2.45, 2.75) is 11.8 Å². The van der Waals surface area contributed by atoms with Gasteiger partial charge in [-0.15, -0.1) is 0 Å². The predicted molar refractivity (Wildman–Crippen MR) is 128 cm³/mol. The van der Waals surface area contributed by atoms with E-state index < -0.39 is 17.6 Å². The lowest BCUT2D eigenvalue weighted by Crippen LogP contribution is -2.32. The number of halogens is 4. The maximum atomic E-state index is 13.6. The zero-order chi connectivity index (χ0) is 23.0. The summed E-state index contributed by atoms with van der Waals surface area (Å²) in [7, 11) is 0. The SMILES string of the molecule is Cc1ccc(NC2=C(Sc3ccc(Cl)cc3)C(=O)N(c3ccc(F)c(Cl)c3)C2=O)cc1Cl. The fourth-order valence-electron chi connectivity index (χ4n) is 3.01. The Balaban J connectivity index is 1.76. The van der Waals surface area contributed by atoms with E-state index in [1.807, 2.05) is 6.92 Å². The molecule has 1 aliphatic heterocycles. The lowest BCUT2D eigenvalue weighted by atomic mass is 10.2. The maximum Gasteiger partial charge on any atom is 0.283 e. The van der Waals surface area contributed by atoms with Gasteiger partial charge >= 0.3 is 0 Å². The molecule has 0 atom stereocenters. The predicted octanol–water partition coefficient (Wildman–Crippen LogP) is 7.08. The van der Waals surface area contributed by atoms with Crippen molar-refractivity contribution in [3.8, 4) is 0 Å². The number of rotatable bonds is 5. The summed E-state index contributed by atoms with van der Waals surface area (Å²) in [5, 5.41) is 3.90. The molecule has 0 bridgehead atoms. The molecule has 4 rings (SSSR count). The van der Waals surface area contributed by atoms with Crippen LogP contribution in [0, 0.1) is 12.7 Å². The smallest absolute Gasteiger partial charge is 0.283 e. The molecule has 0 aliphatic carbocycles. The summed E-state index contributed by atoms with van der Waals surface area (Å²) in [6, 6.07) is 15.8. The van der Waals surface area contributed by atoms with E-state index >= 15 is 0 Å². The van der Waals surface area contributed by atoms with Gasteiger partial charge in [-0.3, -0.25) is 9.59 Å². The van der Waals surface area contributed by atoms with E-state index in [0.717, 1.165) is 28.3 Å². The number of carbonyl (C=O) groups is 2. The number of hydrogen-bond donors (Lipinski definition) is 1. The number of hydrogen-bond acceptors (Lipinski definition) is 4. The minimum absolute atomic E-state index is 0.0790. The molecule has 162 valence electrons. The van der Waals surface area contributed by atoms with Crippen molar-refractivity contribution < 1.29 is 14.0 Å². The molecule has 2 amide bonds. The third kappa shape index (κ3) is 4.50. The molecular formula is C23H14Cl3FN2O2S. The topological polar surface area (TPSA) is 49.4 Å². The van der Waals surface area contributed by atoms with Gasteiger partial charge < -0.3 is 5.32 Å². The van der Waals surface area contributed by atoms with Crippen LogP contribution >= 0.6 is 46.6 Å². The molecule has 0 saturated carbocycles. The van der Waals surface area contributed by atoms with E-state index in [-0.39, 0.29) is 21.3 Å². The van der Waals surface area contributed by atoms with Gasteiger partial charge in [0.15, 0.2) is 0 Å². The highest BCUT2D eigenvalue weighted by molar-refractivity contribution is 8.04. The minimum atomic E-state index is -0.647. The Kier molecular flexibility index (Phi) is 6.49. The first kappa shape index (κ1) is 22.7. The number of aryl methyl sites for hydroxylation is 1. The van der Waals surface area contributed by atoms with Crippen molar-refractivity contribution in [1.82, 2.24) is 0 Å². The second-order valence-corrected chi connectivity index (χ2v) is 9.23. The Morgan fingerprint density at radius 2 is 1.59 bits per heavy atom. The molecule has 0 aromatic heterocycles. The molecule has 0 radical (unpaired) electrons. The summed E-state index contributed by atoms with van der Waals surface area (Å²) in [5.74, 6) is -1.80. The average Bonchev–Trinajstić information content (AvgIpc) is 2.98. The number of imide groups is 1. The largest absolute Gasteiger partial charge is 0.350 e. The summed E-state index contributed by atoms with van der Waals surface area (Å²) in [6.07, 6.45) is 0. The summed E-state index contributed by atoms with van der Waals surface area (Å²) >= 11 is 19.2. The van der Waals surface area contributed by atoms with Crippen LogP contribution in [0.2, 0.25) is 15.1 Å². The number of benzene rings is 3. The van der Waals surface area contributed by atoms with Crippen molar-refractivity contribution in [2.24, 2.45) is 0 Å². The Hall–Kier alpha value is -2.51. The number of carbonyl (C=O) groups excluding carboxylic acids is 2. The molecule has 1 N–H and O–H groups in total. The molecule has 3 aromatic carbocycles. The minimum Gasteiger partial charge on any atom is -0.350 e. The van der Waals surface area contributed by atoms with Crippen molar-refractivity contribution in [2.75, 3.05) is 10.2 Å². The standard InChI is InChI=1S/C23H14Cl3FN2O2S/c1-12-2-5-14(10-17(12)25)28-20-21(32-16-7-3-13(24)4-8-16)23(31)29(22(20)30)15-6-9-19(27)18(26)11-15/h2-11,28H,1H3. The van der Waals surface area contributed by atoms with E-state index in [4.69, 9.17) is 34.8 Å². The Labute approximate surface area is 203 Å². The normalized spacial score (nSPS) is 13.8. The monoisotopic (exact) mass is 506 g/mol. The molecule has 9 heteroatoms. The second kappa shape index (κ2) is 9.16. The van der Waals surface area contributed by atoms with Gasteiger partial charge in [0.25, 0.3) is 11.8 Å². The molecule has 0 saturated heterocycles. The maximum absolute atomic E-state index is 13.6. The highest BCUT2D eigenvalue weighted by Gasteiger charge is 2.40. The first-order valence-electron chi connectivity index (χ1n) is 9.29. The summed E-state index contributed by atoms with van der Waals surface area (Å²) in [5.41, 5.74) is 1.66. The van der Waals surface area contributed by atoms with Crippen LogP contribution in [0.25, 0.3) is 0 Å². The molecule has 3 aromatic rings. The van der Waals surface area contributed by atoms with Gasteiger partial charge in [-0.05, 0) is 67.1 Å².